The molecule has 3 amide bonds. The molecule has 10 heteroatoms. The summed E-state index contributed by atoms with van der Waals surface area (Å²) in [5, 5.41) is 12.7. The van der Waals surface area contributed by atoms with Gasteiger partial charge >= 0.3 is 6.09 Å². The molecule has 0 unspecified atom stereocenters. The van der Waals surface area contributed by atoms with Crippen LogP contribution in [-0.4, -0.2) is 60.9 Å². The van der Waals surface area contributed by atoms with E-state index in [1.807, 2.05) is 0 Å². The van der Waals surface area contributed by atoms with Crippen molar-refractivity contribution in [3.8, 4) is 0 Å². The number of piperidine rings is 1. The van der Waals surface area contributed by atoms with E-state index in [9.17, 15) is 23.9 Å². The van der Waals surface area contributed by atoms with Crippen molar-refractivity contribution in [2.75, 3.05) is 36.0 Å². The Labute approximate surface area is 161 Å². The molecule has 152 valence electrons. The Bertz CT molecular complexity index is 794. The van der Waals surface area contributed by atoms with Gasteiger partial charge in [-0.2, -0.15) is 0 Å². The number of aliphatic hydroxyl groups is 1. The van der Waals surface area contributed by atoms with Gasteiger partial charge in [0.15, 0.2) is 0 Å². The fourth-order valence-corrected chi connectivity index (χ4v) is 3.38. The Morgan fingerprint density at radius 1 is 1.39 bits per heavy atom. The third-order valence-corrected chi connectivity index (χ3v) is 5.09. The van der Waals surface area contributed by atoms with Gasteiger partial charge in [-0.1, -0.05) is 0 Å². The van der Waals surface area contributed by atoms with Crippen LogP contribution in [0.25, 0.3) is 0 Å². The van der Waals surface area contributed by atoms with Gasteiger partial charge in [-0.3, -0.25) is 14.5 Å². The minimum Gasteiger partial charge on any atom is -0.442 e. The maximum absolute atomic E-state index is 14.7. The number of rotatable bonds is 5. The van der Waals surface area contributed by atoms with Gasteiger partial charge in [0, 0.05) is 32.9 Å². The van der Waals surface area contributed by atoms with Crippen LogP contribution in [0.3, 0.4) is 0 Å². The number of carbonyl (C=O) groups excluding carboxylic acids is 3. The zero-order valence-electron chi connectivity index (χ0n) is 15.5. The van der Waals surface area contributed by atoms with Crippen molar-refractivity contribution in [2.24, 2.45) is 5.73 Å². The van der Waals surface area contributed by atoms with Crippen LogP contribution in [0, 0.1) is 5.82 Å². The summed E-state index contributed by atoms with van der Waals surface area (Å²) >= 11 is 0. The molecule has 1 aromatic carbocycles. The fourth-order valence-electron chi connectivity index (χ4n) is 3.38. The third kappa shape index (κ3) is 4.01. The second-order valence-electron chi connectivity index (χ2n) is 7.07. The first-order valence-corrected chi connectivity index (χ1v) is 8.99. The van der Waals surface area contributed by atoms with E-state index in [1.54, 1.807) is 17.0 Å². The number of carbonyl (C=O) groups is 3. The number of nitrogens with one attached hydrogen (secondary N) is 1. The topological polar surface area (TPSA) is 125 Å². The first kappa shape index (κ1) is 19.9. The van der Waals surface area contributed by atoms with E-state index in [1.165, 1.54) is 17.9 Å². The van der Waals surface area contributed by atoms with Crippen molar-refractivity contribution in [1.29, 1.82) is 0 Å². The summed E-state index contributed by atoms with van der Waals surface area (Å²) in [6.45, 7) is 2.32. The van der Waals surface area contributed by atoms with Gasteiger partial charge in [-0.05, 0) is 18.2 Å². The number of hydrogen-bond donors (Lipinski definition) is 3. The molecule has 0 aliphatic carbocycles. The van der Waals surface area contributed by atoms with Crippen molar-refractivity contribution in [2.45, 2.75) is 31.5 Å². The number of halogens is 1. The summed E-state index contributed by atoms with van der Waals surface area (Å²) in [4.78, 5) is 37.4. The summed E-state index contributed by atoms with van der Waals surface area (Å²) in [5.74, 6) is -1.53. The molecule has 0 spiro atoms. The highest BCUT2D eigenvalue weighted by Gasteiger charge is 2.38. The maximum atomic E-state index is 14.7. The predicted octanol–water partition coefficient (Wildman–Crippen LogP) is 0.104. The second kappa shape index (κ2) is 7.63. The van der Waals surface area contributed by atoms with Crippen LogP contribution >= 0.6 is 0 Å². The number of hydrogen-bond acceptors (Lipinski definition) is 6. The number of nitrogens with two attached hydrogens (primary N) is 1. The summed E-state index contributed by atoms with van der Waals surface area (Å²) in [5.41, 5.74) is 4.32. The summed E-state index contributed by atoms with van der Waals surface area (Å²) in [6, 6.07) is 4.40. The number of amides is 3. The molecule has 2 aliphatic heterocycles. The molecule has 2 fully saturated rings. The Balaban J connectivity index is 1.67. The Morgan fingerprint density at radius 2 is 2.07 bits per heavy atom. The lowest BCUT2D eigenvalue weighted by molar-refractivity contribution is -0.138. The third-order valence-electron chi connectivity index (χ3n) is 5.09. The first-order valence-electron chi connectivity index (χ1n) is 8.99. The zero-order valence-corrected chi connectivity index (χ0v) is 15.5. The molecule has 0 radical (unpaired) electrons. The molecule has 0 aromatic heterocycles. The quantitative estimate of drug-likeness (QED) is 0.651. The van der Waals surface area contributed by atoms with Gasteiger partial charge in [-0.25, -0.2) is 9.18 Å². The van der Waals surface area contributed by atoms with Crippen LogP contribution in [0.4, 0.5) is 20.6 Å². The van der Waals surface area contributed by atoms with Crippen LogP contribution in [0.1, 0.15) is 19.8 Å². The van der Waals surface area contributed by atoms with E-state index in [0.717, 1.165) is 0 Å². The maximum Gasteiger partial charge on any atom is 0.414 e. The van der Waals surface area contributed by atoms with Crippen molar-refractivity contribution in [1.82, 2.24) is 5.32 Å². The van der Waals surface area contributed by atoms with Crippen molar-refractivity contribution < 1.29 is 28.6 Å². The monoisotopic (exact) mass is 394 g/mol. The van der Waals surface area contributed by atoms with Gasteiger partial charge in [-0.15, -0.1) is 0 Å². The lowest BCUT2D eigenvalue weighted by Gasteiger charge is -2.37. The van der Waals surface area contributed by atoms with E-state index in [-0.39, 0.29) is 44.9 Å². The van der Waals surface area contributed by atoms with Gasteiger partial charge in [0.2, 0.25) is 11.8 Å². The van der Waals surface area contributed by atoms with Gasteiger partial charge in [0.05, 0.1) is 24.5 Å². The molecular formula is C18H23FN4O5. The standard InChI is InChI=1S/C18H23FN4O5/c1-11(24)21-9-13-10-23(17(26)28-13)12-2-3-15(14(19)8-12)22-6-4-18(27,5-7-22)16(20)25/h2-3,8,13,27H,4-7,9-10H2,1H3,(H2,20,25)(H,21,24)/t13-/m0/s1. The predicted molar refractivity (Wildman–Crippen MR) is 98.3 cm³/mol. The van der Waals surface area contributed by atoms with Crippen LogP contribution in [-0.2, 0) is 14.3 Å². The Morgan fingerprint density at radius 3 is 2.64 bits per heavy atom. The minimum absolute atomic E-state index is 0.118. The van der Waals surface area contributed by atoms with Gasteiger partial charge in [0.1, 0.15) is 17.5 Å². The number of cyclic esters (lactones) is 1. The number of nitrogens with zero attached hydrogens (tertiary/aromatic N) is 2. The molecule has 0 saturated carbocycles. The SMILES string of the molecule is CC(=O)NC[C@H]1CN(c2ccc(N3CCC(O)(C(N)=O)CC3)c(F)c2)C(=O)O1. The van der Waals surface area contributed by atoms with Crippen molar-refractivity contribution in [3.63, 3.8) is 0 Å². The fraction of sp³-hybridized carbons (Fsp3) is 0.500. The highest BCUT2D eigenvalue weighted by Crippen LogP contribution is 2.31. The molecular weight excluding hydrogens is 371 g/mol. The second-order valence-corrected chi connectivity index (χ2v) is 7.07. The average molecular weight is 394 g/mol. The number of primary amides is 1. The van der Waals surface area contributed by atoms with E-state index in [4.69, 9.17) is 10.5 Å². The lowest BCUT2D eigenvalue weighted by Crippen LogP contribution is -2.52. The molecule has 0 bridgehead atoms. The Hall–Kier alpha value is -2.88. The lowest BCUT2D eigenvalue weighted by atomic mass is 9.90. The van der Waals surface area contributed by atoms with Gasteiger partial charge < -0.3 is 25.8 Å². The molecule has 2 saturated heterocycles. The highest BCUT2D eigenvalue weighted by molar-refractivity contribution is 5.90. The molecule has 9 nitrogen and oxygen atoms in total. The van der Waals surface area contributed by atoms with Gasteiger partial charge in [0.25, 0.3) is 0 Å². The van der Waals surface area contributed by atoms with Crippen LogP contribution in [0.2, 0.25) is 0 Å². The summed E-state index contributed by atoms with van der Waals surface area (Å²) in [7, 11) is 0. The molecule has 3 rings (SSSR count). The van der Waals surface area contributed by atoms with Crippen LogP contribution < -0.4 is 20.9 Å². The summed E-state index contributed by atoms with van der Waals surface area (Å²) < 4.78 is 19.9. The highest BCUT2D eigenvalue weighted by atomic mass is 19.1. The first-order chi connectivity index (χ1) is 13.2. The normalized spacial score (nSPS) is 21.4. The largest absolute Gasteiger partial charge is 0.442 e. The number of ether oxygens (including phenoxy) is 1. The zero-order chi connectivity index (χ0) is 20.5. The van der Waals surface area contributed by atoms with Crippen LogP contribution in [0.15, 0.2) is 18.2 Å². The number of anilines is 2. The van der Waals surface area contributed by atoms with E-state index >= 15 is 0 Å². The van der Waals surface area contributed by atoms with Crippen molar-refractivity contribution in [3.05, 3.63) is 24.0 Å². The average Bonchev–Trinajstić information content (AvgIpc) is 3.01. The van der Waals surface area contributed by atoms with E-state index in [0.29, 0.717) is 11.4 Å². The van der Waals surface area contributed by atoms with E-state index < -0.39 is 29.5 Å². The Kier molecular flexibility index (Phi) is 5.41. The molecule has 2 heterocycles. The smallest absolute Gasteiger partial charge is 0.414 e. The van der Waals surface area contributed by atoms with Crippen LogP contribution in [0.5, 0.6) is 0 Å². The minimum atomic E-state index is -1.56. The molecule has 1 atom stereocenters. The molecule has 2 aliphatic rings. The van der Waals surface area contributed by atoms with E-state index in [2.05, 4.69) is 5.32 Å². The molecule has 4 N–H and O–H groups in total. The number of benzene rings is 1. The summed E-state index contributed by atoms with van der Waals surface area (Å²) in [6.07, 6.45) is -0.876. The molecule has 28 heavy (non-hydrogen) atoms. The van der Waals surface area contributed by atoms with Crippen molar-refractivity contribution >= 4 is 29.3 Å². The molecule has 1 aromatic rings.